The fourth-order valence-corrected chi connectivity index (χ4v) is 3.87. The number of Topliss-reactive ketones (excluding diaryl/α,β-unsaturated/α-hetero) is 1. The zero-order valence-electron chi connectivity index (χ0n) is 15.8. The van der Waals surface area contributed by atoms with E-state index in [4.69, 9.17) is 4.74 Å². The number of benzene rings is 1. The zero-order valence-corrected chi connectivity index (χ0v) is 15.8. The largest absolute Gasteiger partial charge is 0.370 e. The molecule has 142 valence electrons. The standard InChI is InChI=1S/C21H26N4O2/c1-15-2-4-16(5-3-15)17-12-19-18(20(26)13-17)14-23-21(24-19)22-6-7-25-8-10-27-11-9-25/h2-5,14,17H,6-13H2,1H3,(H,22,23,24)/p+1. The van der Waals surface area contributed by atoms with E-state index in [0.717, 1.165) is 51.5 Å². The number of nitrogens with zero attached hydrogens (tertiary/aromatic N) is 2. The van der Waals surface area contributed by atoms with Gasteiger partial charge in [-0.25, -0.2) is 9.97 Å². The molecule has 2 aromatic rings. The molecule has 1 aromatic heterocycles. The van der Waals surface area contributed by atoms with Crippen LogP contribution < -0.4 is 10.2 Å². The Morgan fingerprint density at radius 2 is 1.96 bits per heavy atom. The number of rotatable bonds is 5. The normalized spacial score (nSPS) is 20.3. The van der Waals surface area contributed by atoms with Crippen LogP contribution in [-0.4, -0.2) is 55.1 Å². The highest BCUT2D eigenvalue weighted by atomic mass is 16.5. The molecule has 1 atom stereocenters. The average Bonchev–Trinajstić information content (AvgIpc) is 2.69. The van der Waals surface area contributed by atoms with E-state index in [1.807, 2.05) is 0 Å². The second-order valence-corrected chi connectivity index (χ2v) is 7.53. The molecule has 1 fully saturated rings. The van der Waals surface area contributed by atoms with Crippen LogP contribution in [0.4, 0.5) is 5.95 Å². The third-order valence-corrected chi connectivity index (χ3v) is 5.55. The van der Waals surface area contributed by atoms with Crippen molar-refractivity contribution < 1.29 is 14.4 Å². The predicted octanol–water partition coefficient (Wildman–Crippen LogP) is 1.02. The van der Waals surface area contributed by atoms with E-state index < -0.39 is 0 Å². The Morgan fingerprint density at radius 1 is 1.19 bits per heavy atom. The number of carbonyl (C=O) groups is 1. The summed E-state index contributed by atoms with van der Waals surface area (Å²) in [5, 5.41) is 3.32. The number of quaternary nitrogens is 1. The molecule has 2 aliphatic rings. The Balaban J connectivity index is 1.42. The smallest absolute Gasteiger partial charge is 0.223 e. The lowest BCUT2D eigenvalue weighted by molar-refractivity contribution is -0.906. The first-order valence-electron chi connectivity index (χ1n) is 9.80. The van der Waals surface area contributed by atoms with Crippen molar-refractivity contribution in [3.8, 4) is 0 Å². The van der Waals surface area contributed by atoms with Crippen molar-refractivity contribution in [2.45, 2.75) is 25.7 Å². The molecule has 0 bridgehead atoms. The summed E-state index contributed by atoms with van der Waals surface area (Å²) in [6, 6.07) is 8.47. The van der Waals surface area contributed by atoms with Gasteiger partial charge in [-0.2, -0.15) is 0 Å². The molecule has 1 aliphatic heterocycles. The summed E-state index contributed by atoms with van der Waals surface area (Å²) in [5.74, 6) is 0.969. The molecular formula is C21H27N4O2+. The van der Waals surface area contributed by atoms with Crippen molar-refractivity contribution in [2.24, 2.45) is 0 Å². The number of carbonyl (C=O) groups excluding carboxylic acids is 1. The molecule has 2 N–H and O–H groups in total. The molecule has 4 rings (SSSR count). The molecular weight excluding hydrogens is 340 g/mol. The number of hydrogen-bond donors (Lipinski definition) is 2. The molecule has 2 heterocycles. The molecule has 6 nitrogen and oxygen atoms in total. The van der Waals surface area contributed by atoms with Gasteiger partial charge in [0.25, 0.3) is 0 Å². The fraction of sp³-hybridized carbons (Fsp3) is 0.476. The first-order chi connectivity index (χ1) is 13.2. The number of nitrogens with one attached hydrogen (secondary N) is 2. The monoisotopic (exact) mass is 367 g/mol. The maximum atomic E-state index is 12.6. The van der Waals surface area contributed by atoms with Crippen molar-refractivity contribution in [3.63, 3.8) is 0 Å². The van der Waals surface area contributed by atoms with E-state index in [1.165, 1.54) is 11.1 Å². The predicted molar refractivity (Wildman–Crippen MR) is 103 cm³/mol. The summed E-state index contributed by atoms with van der Waals surface area (Å²) >= 11 is 0. The van der Waals surface area contributed by atoms with E-state index >= 15 is 0 Å². The fourth-order valence-electron chi connectivity index (χ4n) is 3.87. The van der Waals surface area contributed by atoms with Gasteiger partial charge < -0.3 is 15.0 Å². The molecule has 0 spiro atoms. The Morgan fingerprint density at radius 3 is 2.74 bits per heavy atom. The second kappa shape index (κ2) is 8.15. The molecule has 1 saturated heterocycles. The molecule has 1 aromatic carbocycles. The number of aryl methyl sites for hydroxylation is 1. The first kappa shape index (κ1) is 18.1. The van der Waals surface area contributed by atoms with Gasteiger partial charge in [-0.3, -0.25) is 4.79 Å². The van der Waals surface area contributed by atoms with E-state index in [0.29, 0.717) is 17.9 Å². The van der Waals surface area contributed by atoms with Gasteiger partial charge >= 0.3 is 0 Å². The summed E-state index contributed by atoms with van der Waals surface area (Å²) in [4.78, 5) is 23.1. The van der Waals surface area contributed by atoms with E-state index in [2.05, 4.69) is 46.5 Å². The van der Waals surface area contributed by atoms with Crippen LogP contribution in [-0.2, 0) is 11.2 Å². The lowest BCUT2D eigenvalue weighted by Gasteiger charge is -2.24. The van der Waals surface area contributed by atoms with E-state index in [-0.39, 0.29) is 11.7 Å². The van der Waals surface area contributed by atoms with Gasteiger partial charge in [-0.05, 0) is 24.8 Å². The quantitative estimate of drug-likeness (QED) is 0.826. The number of aromatic nitrogens is 2. The minimum absolute atomic E-state index is 0.145. The average molecular weight is 367 g/mol. The van der Waals surface area contributed by atoms with Crippen molar-refractivity contribution in [3.05, 3.63) is 52.8 Å². The lowest BCUT2D eigenvalue weighted by Crippen LogP contribution is -3.14. The number of ketones is 1. The maximum Gasteiger partial charge on any atom is 0.223 e. The Labute approximate surface area is 160 Å². The molecule has 0 saturated carbocycles. The number of fused-ring (bicyclic) bond motifs is 1. The highest BCUT2D eigenvalue weighted by Crippen LogP contribution is 2.32. The molecule has 0 amide bonds. The van der Waals surface area contributed by atoms with Crippen LogP contribution in [0.2, 0.25) is 0 Å². The summed E-state index contributed by atoms with van der Waals surface area (Å²) in [5.41, 5.74) is 4.00. The zero-order chi connectivity index (χ0) is 18.6. The number of ether oxygens (including phenoxy) is 1. The van der Waals surface area contributed by atoms with Crippen LogP contribution in [0.5, 0.6) is 0 Å². The Hall–Kier alpha value is -2.31. The number of hydrogen-bond acceptors (Lipinski definition) is 5. The van der Waals surface area contributed by atoms with Crippen molar-refractivity contribution in [1.82, 2.24) is 9.97 Å². The van der Waals surface area contributed by atoms with Gasteiger partial charge in [0.05, 0.1) is 37.6 Å². The van der Waals surface area contributed by atoms with Gasteiger partial charge in [0.15, 0.2) is 5.78 Å². The lowest BCUT2D eigenvalue weighted by atomic mass is 9.82. The van der Waals surface area contributed by atoms with Crippen molar-refractivity contribution in [2.75, 3.05) is 44.7 Å². The second-order valence-electron chi connectivity index (χ2n) is 7.53. The third kappa shape index (κ3) is 4.34. The highest BCUT2D eigenvalue weighted by Gasteiger charge is 2.28. The maximum absolute atomic E-state index is 12.6. The van der Waals surface area contributed by atoms with Gasteiger partial charge in [0, 0.05) is 12.6 Å². The van der Waals surface area contributed by atoms with Crippen LogP contribution in [0.15, 0.2) is 30.5 Å². The van der Waals surface area contributed by atoms with E-state index in [9.17, 15) is 4.79 Å². The topological polar surface area (TPSA) is 68.5 Å². The molecule has 0 radical (unpaired) electrons. The van der Waals surface area contributed by atoms with Crippen LogP contribution in [0, 0.1) is 6.92 Å². The molecule has 1 unspecified atom stereocenters. The minimum Gasteiger partial charge on any atom is -0.370 e. The van der Waals surface area contributed by atoms with Crippen molar-refractivity contribution >= 4 is 11.7 Å². The summed E-state index contributed by atoms with van der Waals surface area (Å²) in [7, 11) is 0. The van der Waals surface area contributed by atoms with Crippen LogP contribution in [0.3, 0.4) is 0 Å². The number of anilines is 1. The summed E-state index contributed by atoms with van der Waals surface area (Å²) < 4.78 is 5.39. The van der Waals surface area contributed by atoms with Gasteiger partial charge in [-0.1, -0.05) is 29.8 Å². The van der Waals surface area contributed by atoms with Crippen LogP contribution in [0.1, 0.15) is 39.5 Å². The van der Waals surface area contributed by atoms with Gasteiger partial charge in [0.1, 0.15) is 13.1 Å². The molecule has 27 heavy (non-hydrogen) atoms. The Kier molecular flexibility index (Phi) is 5.45. The van der Waals surface area contributed by atoms with Crippen molar-refractivity contribution in [1.29, 1.82) is 0 Å². The minimum atomic E-state index is 0.145. The van der Waals surface area contributed by atoms with Crippen LogP contribution >= 0.6 is 0 Å². The first-order valence-corrected chi connectivity index (χ1v) is 9.80. The van der Waals surface area contributed by atoms with Gasteiger partial charge in [0.2, 0.25) is 5.95 Å². The van der Waals surface area contributed by atoms with Gasteiger partial charge in [-0.15, -0.1) is 0 Å². The van der Waals surface area contributed by atoms with Crippen LogP contribution in [0.25, 0.3) is 0 Å². The summed E-state index contributed by atoms with van der Waals surface area (Å²) in [6.07, 6.45) is 3.02. The SMILES string of the molecule is Cc1ccc(C2CC(=O)c3cnc(NCC[NH+]4CCOCC4)nc3C2)cc1. The van der Waals surface area contributed by atoms with E-state index in [1.54, 1.807) is 11.1 Å². The molecule has 1 aliphatic carbocycles. The highest BCUT2D eigenvalue weighted by molar-refractivity contribution is 5.98. The number of morpholine rings is 1. The third-order valence-electron chi connectivity index (χ3n) is 5.55. The summed E-state index contributed by atoms with van der Waals surface area (Å²) in [6.45, 7) is 7.71. The molecule has 6 heteroatoms. The Bertz CT molecular complexity index is 800.